The average Bonchev–Trinajstić information content (AvgIpc) is 2.27. The Bertz CT molecular complexity index is 408. The lowest BCUT2D eigenvalue weighted by Crippen LogP contribution is -2.28. The van der Waals surface area contributed by atoms with Crippen molar-refractivity contribution in [1.82, 2.24) is 5.32 Å². The molecular formula is C13H19BrN2O2. The topological polar surface area (TPSA) is 64.3 Å². The molecule has 100 valence electrons. The van der Waals surface area contributed by atoms with Gasteiger partial charge in [0.1, 0.15) is 5.75 Å². The Labute approximate surface area is 116 Å². The van der Waals surface area contributed by atoms with E-state index >= 15 is 0 Å². The molecule has 0 aromatic heterocycles. The molecule has 1 rings (SSSR count). The standard InChI is InChI=1S/C13H19BrN2O2/c1-3-16-13(17)8-18-12-5-4-10(6-9(2)15)7-11(12)14/h4-5,7,9H,3,6,8,15H2,1-2H3,(H,16,17). The molecule has 0 saturated heterocycles. The van der Waals surface area contributed by atoms with Crippen LogP contribution in [0.1, 0.15) is 19.4 Å². The van der Waals surface area contributed by atoms with Crippen LogP contribution in [-0.2, 0) is 11.2 Å². The zero-order valence-electron chi connectivity index (χ0n) is 10.7. The SMILES string of the molecule is CCNC(=O)COc1ccc(CC(C)N)cc1Br. The molecule has 0 aliphatic rings. The molecule has 0 heterocycles. The number of benzene rings is 1. The summed E-state index contributed by atoms with van der Waals surface area (Å²) in [7, 11) is 0. The van der Waals surface area contributed by atoms with Gasteiger partial charge < -0.3 is 15.8 Å². The summed E-state index contributed by atoms with van der Waals surface area (Å²) in [5, 5.41) is 2.68. The van der Waals surface area contributed by atoms with Gasteiger partial charge in [-0.15, -0.1) is 0 Å². The molecule has 1 atom stereocenters. The van der Waals surface area contributed by atoms with Crippen molar-refractivity contribution in [3.63, 3.8) is 0 Å². The van der Waals surface area contributed by atoms with Crippen molar-refractivity contribution in [2.24, 2.45) is 5.73 Å². The van der Waals surface area contributed by atoms with Crippen LogP contribution in [0, 0.1) is 0 Å². The fraction of sp³-hybridized carbons (Fsp3) is 0.462. The summed E-state index contributed by atoms with van der Waals surface area (Å²) in [6.45, 7) is 4.47. The molecule has 0 spiro atoms. The molecule has 18 heavy (non-hydrogen) atoms. The summed E-state index contributed by atoms with van der Waals surface area (Å²) in [4.78, 5) is 11.3. The van der Waals surface area contributed by atoms with Gasteiger partial charge in [0.15, 0.2) is 6.61 Å². The van der Waals surface area contributed by atoms with Crippen LogP contribution in [0.2, 0.25) is 0 Å². The van der Waals surface area contributed by atoms with Crippen molar-refractivity contribution in [2.75, 3.05) is 13.2 Å². The Morgan fingerprint density at radius 1 is 1.56 bits per heavy atom. The minimum atomic E-state index is -0.121. The smallest absolute Gasteiger partial charge is 0.257 e. The predicted molar refractivity (Wildman–Crippen MR) is 75.7 cm³/mol. The first-order chi connectivity index (χ1) is 8.52. The minimum Gasteiger partial charge on any atom is -0.483 e. The van der Waals surface area contributed by atoms with E-state index in [0.29, 0.717) is 12.3 Å². The number of hydrogen-bond donors (Lipinski definition) is 2. The molecule has 0 fully saturated rings. The highest BCUT2D eigenvalue weighted by Crippen LogP contribution is 2.26. The molecular weight excluding hydrogens is 296 g/mol. The van der Waals surface area contributed by atoms with E-state index < -0.39 is 0 Å². The largest absolute Gasteiger partial charge is 0.483 e. The van der Waals surface area contributed by atoms with Crippen molar-refractivity contribution in [3.8, 4) is 5.75 Å². The van der Waals surface area contributed by atoms with Crippen LogP contribution < -0.4 is 15.8 Å². The maximum atomic E-state index is 11.3. The third-order valence-corrected chi connectivity index (χ3v) is 2.91. The van der Waals surface area contributed by atoms with Crippen LogP contribution in [0.25, 0.3) is 0 Å². The summed E-state index contributed by atoms with van der Waals surface area (Å²) in [6, 6.07) is 5.90. The number of hydrogen-bond acceptors (Lipinski definition) is 3. The molecule has 4 nitrogen and oxygen atoms in total. The number of nitrogens with two attached hydrogens (primary N) is 1. The van der Waals surface area contributed by atoms with E-state index in [0.717, 1.165) is 16.5 Å². The summed E-state index contributed by atoms with van der Waals surface area (Å²) >= 11 is 3.43. The molecule has 1 amide bonds. The van der Waals surface area contributed by atoms with Gasteiger partial charge in [-0.2, -0.15) is 0 Å². The summed E-state index contributed by atoms with van der Waals surface area (Å²) in [6.07, 6.45) is 0.815. The van der Waals surface area contributed by atoms with E-state index in [4.69, 9.17) is 10.5 Å². The Morgan fingerprint density at radius 3 is 2.83 bits per heavy atom. The molecule has 0 aliphatic carbocycles. The molecule has 1 aromatic carbocycles. The predicted octanol–water partition coefficient (Wildman–Crippen LogP) is 1.85. The highest BCUT2D eigenvalue weighted by atomic mass is 79.9. The van der Waals surface area contributed by atoms with E-state index in [-0.39, 0.29) is 18.6 Å². The summed E-state index contributed by atoms with van der Waals surface area (Å²) < 4.78 is 6.26. The molecule has 1 aromatic rings. The maximum absolute atomic E-state index is 11.3. The monoisotopic (exact) mass is 314 g/mol. The van der Waals surface area contributed by atoms with E-state index in [1.807, 2.05) is 32.0 Å². The van der Waals surface area contributed by atoms with Gasteiger partial charge in [-0.1, -0.05) is 6.07 Å². The molecule has 5 heteroatoms. The molecule has 0 bridgehead atoms. The highest BCUT2D eigenvalue weighted by molar-refractivity contribution is 9.10. The van der Waals surface area contributed by atoms with Gasteiger partial charge >= 0.3 is 0 Å². The molecule has 3 N–H and O–H groups in total. The molecule has 0 saturated carbocycles. The number of carbonyl (C=O) groups excluding carboxylic acids is 1. The van der Waals surface area contributed by atoms with Crippen LogP contribution in [0.15, 0.2) is 22.7 Å². The minimum absolute atomic E-state index is 0.0269. The fourth-order valence-electron chi connectivity index (χ4n) is 1.55. The molecule has 0 radical (unpaired) electrons. The number of carbonyl (C=O) groups is 1. The zero-order valence-corrected chi connectivity index (χ0v) is 12.3. The van der Waals surface area contributed by atoms with E-state index in [1.165, 1.54) is 0 Å². The highest BCUT2D eigenvalue weighted by Gasteiger charge is 2.06. The van der Waals surface area contributed by atoms with Crippen molar-refractivity contribution >= 4 is 21.8 Å². The van der Waals surface area contributed by atoms with E-state index in [1.54, 1.807) is 0 Å². The van der Waals surface area contributed by atoms with Gasteiger partial charge in [-0.3, -0.25) is 4.79 Å². The third kappa shape index (κ3) is 5.06. The Hall–Kier alpha value is -1.07. The van der Waals surface area contributed by atoms with Crippen molar-refractivity contribution in [3.05, 3.63) is 28.2 Å². The number of nitrogens with one attached hydrogen (secondary N) is 1. The van der Waals surface area contributed by atoms with Crippen LogP contribution in [0.4, 0.5) is 0 Å². The van der Waals surface area contributed by atoms with Gasteiger partial charge in [-0.25, -0.2) is 0 Å². The average molecular weight is 315 g/mol. The first kappa shape index (κ1) is 15.0. The zero-order chi connectivity index (χ0) is 13.5. The molecule has 0 aliphatic heterocycles. The van der Waals surface area contributed by atoms with Gasteiger partial charge in [0.25, 0.3) is 5.91 Å². The Morgan fingerprint density at radius 2 is 2.28 bits per heavy atom. The number of rotatable bonds is 6. The first-order valence-electron chi connectivity index (χ1n) is 5.96. The summed E-state index contributed by atoms with van der Waals surface area (Å²) in [5.41, 5.74) is 6.89. The first-order valence-corrected chi connectivity index (χ1v) is 6.75. The van der Waals surface area contributed by atoms with Gasteiger partial charge in [-0.05, 0) is 53.9 Å². The lowest BCUT2D eigenvalue weighted by molar-refractivity contribution is -0.122. The van der Waals surface area contributed by atoms with E-state index in [2.05, 4.69) is 21.2 Å². The second-order valence-electron chi connectivity index (χ2n) is 4.19. The van der Waals surface area contributed by atoms with Crippen LogP contribution in [-0.4, -0.2) is 25.1 Å². The summed E-state index contributed by atoms with van der Waals surface area (Å²) in [5.74, 6) is 0.540. The van der Waals surface area contributed by atoms with Crippen molar-refractivity contribution in [2.45, 2.75) is 26.3 Å². The lowest BCUT2D eigenvalue weighted by atomic mass is 10.1. The molecule has 1 unspecified atom stereocenters. The van der Waals surface area contributed by atoms with Crippen molar-refractivity contribution < 1.29 is 9.53 Å². The Balaban J connectivity index is 2.59. The van der Waals surface area contributed by atoms with Crippen LogP contribution in [0.3, 0.4) is 0 Å². The van der Waals surface area contributed by atoms with Crippen molar-refractivity contribution in [1.29, 1.82) is 0 Å². The lowest BCUT2D eigenvalue weighted by Gasteiger charge is -2.10. The normalized spacial score (nSPS) is 12.0. The number of ether oxygens (including phenoxy) is 1. The van der Waals surface area contributed by atoms with E-state index in [9.17, 15) is 4.79 Å². The second kappa shape index (κ2) is 7.38. The third-order valence-electron chi connectivity index (χ3n) is 2.29. The number of halogens is 1. The van der Waals surface area contributed by atoms with Gasteiger partial charge in [0.05, 0.1) is 4.47 Å². The van der Waals surface area contributed by atoms with Crippen LogP contribution >= 0.6 is 15.9 Å². The maximum Gasteiger partial charge on any atom is 0.257 e. The van der Waals surface area contributed by atoms with Gasteiger partial charge in [0.2, 0.25) is 0 Å². The fourth-order valence-corrected chi connectivity index (χ4v) is 2.09. The number of likely N-dealkylation sites (N-methyl/N-ethyl adjacent to an activating group) is 1. The van der Waals surface area contributed by atoms with Gasteiger partial charge in [0, 0.05) is 12.6 Å². The van der Waals surface area contributed by atoms with Crippen LogP contribution in [0.5, 0.6) is 5.75 Å². The number of amides is 1. The second-order valence-corrected chi connectivity index (χ2v) is 5.04. The Kier molecular flexibility index (Phi) is 6.15. The quantitative estimate of drug-likeness (QED) is 0.842.